The van der Waals surface area contributed by atoms with E-state index in [1.165, 1.54) is 32.1 Å². The van der Waals surface area contributed by atoms with Crippen LogP contribution in [-0.4, -0.2) is 23.9 Å². The Kier molecular flexibility index (Phi) is 4.99. The number of unbranched alkanes of at least 4 members (excludes halogenated alkanes) is 1. The quantitative estimate of drug-likeness (QED) is 0.621. The molecule has 0 aromatic rings. The minimum Gasteiger partial charge on any atom is -0.342 e. The molecule has 14 heavy (non-hydrogen) atoms. The first-order valence-electron chi connectivity index (χ1n) is 5.99. The van der Waals surface area contributed by atoms with Gasteiger partial charge in [0, 0.05) is 12.6 Å². The van der Waals surface area contributed by atoms with Gasteiger partial charge in [-0.25, -0.2) is 0 Å². The summed E-state index contributed by atoms with van der Waals surface area (Å²) in [6.07, 6.45) is 8.38. The van der Waals surface area contributed by atoms with Crippen LogP contribution in [0.2, 0.25) is 0 Å². The maximum Gasteiger partial charge on any atom is 0.209 e. The second kappa shape index (κ2) is 6.05. The molecule has 82 valence electrons. The van der Waals surface area contributed by atoms with Crippen LogP contribution in [0.4, 0.5) is 0 Å². The van der Waals surface area contributed by atoms with E-state index in [0.717, 1.165) is 25.3 Å². The van der Waals surface area contributed by atoms with Gasteiger partial charge in [0.15, 0.2) is 0 Å². The Labute approximate surface area is 87.7 Å². The summed E-state index contributed by atoms with van der Waals surface area (Å²) in [5.74, 6) is 0.867. The van der Waals surface area contributed by atoms with Crippen LogP contribution in [0.5, 0.6) is 0 Å². The van der Waals surface area contributed by atoms with Gasteiger partial charge >= 0.3 is 0 Å². The highest BCUT2D eigenvalue weighted by Crippen LogP contribution is 2.26. The average Bonchev–Trinajstić information content (AvgIpc) is 2.21. The van der Waals surface area contributed by atoms with Crippen molar-refractivity contribution in [2.24, 2.45) is 5.92 Å². The standard InChI is InChI=1S/C12H23NO/c1-3-4-9-13(10-14)12-7-5-11(2)6-8-12/h10-12H,3-9H2,1-2H3/t11-,12+. The Morgan fingerprint density at radius 1 is 1.29 bits per heavy atom. The number of amides is 1. The van der Waals surface area contributed by atoms with E-state index in [1.807, 2.05) is 4.90 Å². The van der Waals surface area contributed by atoms with Gasteiger partial charge in [-0.3, -0.25) is 4.79 Å². The molecule has 0 unspecified atom stereocenters. The van der Waals surface area contributed by atoms with Gasteiger partial charge in [0.05, 0.1) is 0 Å². The van der Waals surface area contributed by atoms with Gasteiger partial charge in [0.25, 0.3) is 0 Å². The van der Waals surface area contributed by atoms with Crippen LogP contribution >= 0.6 is 0 Å². The molecule has 1 aliphatic carbocycles. The van der Waals surface area contributed by atoms with Crippen molar-refractivity contribution in [2.45, 2.75) is 58.4 Å². The highest BCUT2D eigenvalue weighted by molar-refractivity contribution is 5.47. The first kappa shape index (κ1) is 11.5. The molecule has 0 bridgehead atoms. The van der Waals surface area contributed by atoms with E-state index in [4.69, 9.17) is 0 Å². The Balaban J connectivity index is 2.32. The van der Waals surface area contributed by atoms with Crippen LogP contribution < -0.4 is 0 Å². The second-order valence-electron chi connectivity index (χ2n) is 4.61. The normalized spacial score (nSPS) is 27.3. The molecular weight excluding hydrogens is 174 g/mol. The van der Waals surface area contributed by atoms with Gasteiger partial charge < -0.3 is 4.90 Å². The Morgan fingerprint density at radius 3 is 2.43 bits per heavy atom. The lowest BCUT2D eigenvalue weighted by Crippen LogP contribution is -2.37. The second-order valence-corrected chi connectivity index (χ2v) is 4.61. The highest BCUT2D eigenvalue weighted by Gasteiger charge is 2.22. The predicted octanol–water partition coefficient (Wildman–Crippen LogP) is 2.82. The molecule has 0 heterocycles. The van der Waals surface area contributed by atoms with Crippen LogP contribution in [0.15, 0.2) is 0 Å². The molecule has 1 aliphatic rings. The summed E-state index contributed by atoms with van der Waals surface area (Å²) >= 11 is 0. The van der Waals surface area contributed by atoms with E-state index in [2.05, 4.69) is 13.8 Å². The zero-order chi connectivity index (χ0) is 10.4. The predicted molar refractivity (Wildman–Crippen MR) is 59.1 cm³/mol. The van der Waals surface area contributed by atoms with E-state index in [9.17, 15) is 4.79 Å². The summed E-state index contributed by atoms with van der Waals surface area (Å²) in [5, 5.41) is 0. The fraction of sp³-hybridized carbons (Fsp3) is 0.917. The Hall–Kier alpha value is -0.530. The first-order chi connectivity index (χ1) is 6.77. The third-order valence-electron chi connectivity index (χ3n) is 3.36. The van der Waals surface area contributed by atoms with E-state index in [1.54, 1.807) is 0 Å². The van der Waals surface area contributed by atoms with Gasteiger partial charge in [-0.2, -0.15) is 0 Å². The number of carbonyl (C=O) groups excluding carboxylic acids is 1. The van der Waals surface area contributed by atoms with Crippen LogP contribution in [0.1, 0.15) is 52.4 Å². The molecular formula is C12H23NO. The number of carbonyl (C=O) groups is 1. The van der Waals surface area contributed by atoms with Crippen LogP contribution in [0.25, 0.3) is 0 Å². The smallest absolute Gasteiger partial charge is 0.209 e. The molecule has 1 saturated carbocycles. The Bertz CT molecular complexity index is 162. The minimum absolute atomic E-state index is 0.537. The molecule has 0 aromatic heterocycles. The maximum atomic E-state index is 10.9. The van der Waals surface area contributed by atoms with E-state index >= 15 is 0 Å². The zero-order valence-corrected chi connectivity index (χ0v) is 9.54. The third kappa shape index (κ3) is 3.32. The summed E-state index contributed by atoms with van der Waals surface area (Å²) < 4.78 is 0. The molecule has 0 aliphatic heterocycles. The van der Waals surface area contributed by atoms with Crippen molar-refractivity contribution in [1.82, 2.24) is 4.90 Å². The van der Waals surface area contributed by atoms with Crippen LogP contribution in [0.3, 0.4) is 0 Å². The largest absolute Gasteiger partial charge is 0.342 e. The summed E-state index contributed by atoms with van der Waals surface area (Å²) in [6, 6.07) is 0.537. The van der Waals surface area contributed by atoms with E-state index in [0.29, 0.717) is 6.04 Å². The molecule has 0 N–H and O–H groups in total. The van der Waals surface area contributed by atoms with Crippen molar-refractivity contribution in [2.75, 3.05) is 6.54 Å². The molecule has 0 saturated heterocycles. The minimum atomic E-state index is 0.537. The van der Waals surface area contributed by atoms with E-state index < -0.39 is 0 Å². The van der Waals surface area contributed by atoms with Crippen molar-refractivity contribution in [3.63, 3.8) is 0 Å². The van der Waals surface area contributed by atoms with Crippen molar-refractivity contribution in [1.29, 1.82) is 0 Å². The fourth-order valence-corrected chi connectivity index (χ4v) is 2.24. The zero-order valence-electron chi connectivity index (χ0n) is 9.54. The summed E-state index contributed by atoms with van der Waals surface area (Å²) in [6.45, 7) is 5.44. The van der Waals surface area contributed by atoms with Gasteiger partial charge in [0.1, 0.15) is 0 Å². The topological polar surface area (TPSA) is 20.3 Å². The van der Waals surface area contributed by atoms with Gasteiger partial charge in [-0.05, 0) is 38.0 Å². The van der Waals surface area contributed by atoms with Crippen LogP contribution in [-0.2, 0) is 4.79 Å². The third-order valence-corrected chi connectivity index (χ3v) is 3.36. The molecule has 0 radical (unpaired) electrons. The monoisotopic (exact) mass is 197 g/mol. The number of rotatable bonds is 5. The molecule has 1 rings (SSSR count). The average molecular weight is 197 g/mol. The molecule has 2 heteroatoms. The lowest BCUT2D eigenvalue weighted by Gasteiger charge is -2.33. The SMILES string of the molecule is CCCCN(C=O)[C@H]1CC[C@@H](C)CC1. The van der Waals surface area contributed by atoms with Crippen LogP contribution in [0, 0.1) is 5.92 Å². The summed E-state index contributed by atoms with van der Waals surface area (Å²) in [5.41, 5.74) is 0. The van der Waals surface area contributed by atoms with E-state index in [-0.39, 0.29) is 0 Å². The number of nitrogens with zero attached hydrogens (tertiary/aromatic N) is 1. The molecule has 1 fully saturated rings. The summed E-state index contributed by atoms with van der Waals surface area (Å²) in [4.78, 5) is 12.9. The van der Waals surface area contributed by atoms with Crippen molar-refractivity contribution >= 4 is 6.41 Å². The molecule has 1 amide bonds. The van der Waals surface area contributed by atoms with Crippen molar-refractivity contribution in [3.8, 4) is 0 Å². The molecule has 2 nitrogen and oxygen atoms in total. The van der Waals surface area contributed by atoms with Crippen molar-refractivity contribution in [3.05, 3.63) is 0 Å². The highest BCUT2D eigenvalue weighted by atomic mass is 16.1. The van der Waals surface area contributed by atoms with Crippen molar-refractivity contribution < 1.29 is 4.79 Å². The lowest BCUT2D eigenvalue weighted by molar-refractivity contribution is -0.121. The maximum absolute atomic E-state index is 10.9. The molecule has 0 spiro atoms. The van der Waals surface area contributed by atoms with Gasteiger partial charge in [-0.1, -0.05) is 20.3 Å². The molecule has 0 atom stereocenters. The number of hydrogen-bond acceptors (Lipinski definition) is 1. The lowest BCUT2D eigenvalue weighted by atomic mass is 9.87. The fourth-order valence-electron chi connectivity index (χ4n) is 2.24. The first-order valence-corrected chi connectivity index (χ1v) is 5.99. The Morgan fingerprint density at radius 2 is 1.93 bits per heavy atom. The van der Waals surface area contributed by atoms with Gasteiger partial charge in [-0.15, -0.1) is 0 Å². The molecule has 0 aromatic carbocycles. The summed E-state index contributed by atoms with van der Waals surface area (Å²) in [7, 11) is 0. The van der Waals surface area contributed by atoms with Gasteiger partial charge in [0.2, 0.25) is 6.41 Å². The number of hydrogen-bond donors (Lipinski definition) is 0.